The van der Waals surface area contributed by atoms with Crippen molar-refractivity contribution in [1.29, 1.82) is 0 Å². The molecule has 0 aliphatic heterocycles. The van der Waals surface area contributed by atoms with Crippen molar-refractivity contribution in [3.05, 3.63) is 54.0 Å². The zero-order chi connectivity index (χ0) is 21.3. The highest BCUT2D eigenvalue weighted by molar-refractivity contribution is 5.84. The van der Waals surface area contributed by atoms with E-state index < -0.39 is 11.6 Å². The molecule has 3 aromatic rings. The summed E-state index contributed by atoms with van der Waals surface area (Å²) >= 11 is 0. The molecule has 1 N–H and O–H groups in total. The molecule has 7 heteroatoms. The molecule has 0 radical (unpaired) electrons. The van der Waals surface area contributed by atoms with Crippen molar-refractivity contribution in [2.45, 2.75) is 58.8 Å². The fourth-order valence-electron chi connectivity index (χ4n) is 3.43. The van der Waals surface area contributed by atoms with Gasteiger partial charge in [0.2, 0.25) is 5.88 Å². The molecule has 1 aliphatic rings. The van der Waals surface area contributed by atoms with Crippen LogP contribution in [-0.4, -0.2) is 36.2 Å². The van der Waals surface area contributed by atoms with E-state index in [0.29, 0.717) is 23.5 Å². The van der Waals surface area contributed by atoms with Gasteiger partial charge in [0, 0.05) is 24.8 Å². The normalized spacial score (nSPS) is 14.1. The second-order valence-electron chi connectivity index (χ2n) is 8.86. The van der Waals surface area contributed by atoms with Crippen molar-refractivity contribution in [3.8, 4) is 5.88 Å². The van der Waals surface area contributed by atoms with Crippen molar-refractivity contribution in [2.24, 2.45) is 5.92 Å². The third-order valence-electron chi connectivity index (χ3n) is 5.32. The van der Waals surface area contributed by atoms with E-state index in [-0.39, 0.29) is 18.3 Å². The van der Waals surface area contributed by atoms with Crippen LogP contribution in [0.25, 0.3) is 11.0 Å². The number of ether oxygens (including phenoxy) is 1. The zero-order valence-electron chi connectivity index (χ0n) is 17.7. The third-order valence-corrected chi connectivity index (χ3v) is 5.32. The van der Waals surface area contributed by atoms with E-state index in [1.54, 1.807) is 4.90 Å². The number of aliphatic hydroxyl groups is 1. The lowest BCUT2D eigenvalue weighted by Crippen LogP contribution is -2.46. The Morgan fingerprint density at radius 3 is 2.57 bits per heavy atom. The molecule has 0 bridgehead atoms. The predicted molar refractivity (Wildman–Crippen MR) is 114 cm³/mol. The second-order valence-corrected chi connectivity index (χ2v) is 8.86. The van der Waals surface area contributed by atoms with Crippen LogP contribution in [0.15, 0.2) is 42.6 Å². The molecule has 0 unspecified atom stereocenters. The minimum atomic E-state index is -0.481. The molecule has 2 heterocycles. The maximum Gasteiger partial charge on any atom is 0.417 e. The number of aliphatic hydroxyl groups excluding tert-OH is 1. The van der Waals surface area contributed by atoms with Crippen molar-refractivity contribution >= 4 is 17.1 Å². The first kappa shape index (κ1) is 20.3. The van der Waals surface area contributed by atoms with E-state index in [0.717, 1.165) is 12.1 Å². The molecule has 0 atom stereocenters. The summed E-state index contributed by atoms with van der Waals surface area (Å²) in [4.78, 5) is 23.6. The van der Waals surface area contributed by atoms with Crippen molar-refractivity contribution in [3.63, 3.8) is 0 Å². The maximum absolute atomic E-state index is 13.2. The molecule has 2 aromatic heterocycles. The lowest BCUT2D eigenvalue weighted by atomic mass is 10.1. The van der Waals surface area contributed by atoms with Gasteiger partial charge in [-0.1, -0.05) is 30.3 Å². The van der Waals surface area contributed by atoms with Gasteiger partial charge in [0.25, 0.3) is 0 Å². The monoisotopic (exact) mass is 408 g/mol. The topological polar surface area (TPSA) is 80.5 Å². The number of carbonyl (C=O) groups is 1. The minimum Gasteiger partial charge on any atom is -0.390 e. The number of aromatic nitrogens is 3. The minimum absolute atomic E-state index is 0.186. The molecule has 30 heavy (non-hydrogen) atoms. The number of rotatable bonds is 6. The molecule has 4 rings (SSSR count). The molecule has 0 saturated heterocycles. The van der Waals surface area contributed by atoms with Crippen molar-refractivity contribution in [2.75, 3.05) is 0 Å². The number of hydrogen-bond acceptors (Lipinski definition) is 5. The van der Waals surface area contributed by atoms with Gasteiger partial charge in [0.05, 0.1) is 5.39 Å². The summed E-state index contributed by atoms with van der Waals surface area (Å²) in [6.45, 7) is 6.89. The predicted octanol–water partition coefficient (Wildman–Crippen LogP) is 4.13. The highest BCUT2D eigenvalue weighted by Gasteiger charge is 2.30. The van der Waals surface area contributed by atoms with Gasteiger partial charge in [0.1, 0.15) is 12.3 Å². The fourth-order valence-corrected chi connectivity index (χ4v) is 3.43. The van der Waals surface area contributed by atoms with E-state index in [4.69, 9.17) is 4.74 Å². The van der Waals surface area contributed by atoms with Gasteiger partial charge in [-0.2, -0.15) is 4.98 Å². The van der Waals surface area contributed by atoms with Crippen LogP contribution < -0.4 is 4.74 Å². The van der Waals surface area contributed by atoms with Crippen LogP contribution in [0.4, 0.5) is 4.79 Å². The van der Waals surface area contributed by atoms with Crippen LogP contribution in [0.3, 0.4) is 0 Å². The van der Waals surface area contributed by atoms with E-state index in [1.165, 1.54) is 12.8 Å². The van der Waals surface area contributed by atoms with Gasteiger partial charge in [-0.15, -0.1) is 0 Å². The molecule has 1 fully saturated rings. The van der Waals surface area contributed by atoms with Crippen LogP contribution in [-0.2, 0) is 19.7 Å². The molecule has 1 saturated carbocycles. The zero-order valence-corrected chi connectivity index (χ0v) is 17.7. The highest BCUT2D eigenvalue weighted by atomic mass is 16.6. The average molecular weight is 409 g/mol. The number of fused-ring (bicyclic) bond motifs is 1. The molecule has 1 aliphatic carbocycles. The molecule has 1 amide bonds. The van der Waals surface area contributed by atoms with Gasteiger partial charge < -0.3 is 14.4 Å². The van der Waals surface area contributed by atoms with Crippen LogP contribution >= 0.6 is 0 Å². The number of hydrogen-bond donors (Lipinski definition) is 1. The SMILES string of the molecule is CC(C)(C)N(Cc1ccccc1)C(=O)Oc1nc(CO)nc2c1ccn2CC1CC1. The summed E-state index contributed by atoms with van der Waals surface area (Å²) in [5.41, 5.74) is 1.26. The van der Waals surface area contributed by atoms with Crippen LogP contribution in [0.5, 0.6) is 5.88 Å². The average Bonchev–Trinajstić information content (AvgIpc) is 3.44. The van der Waals surface area contributed by atoms with Gasteiger partial charge in [0.15, 0.2) is 5.82 Å². The first-order chi connectivity index (χ1) is 14.3. The smallest absolute Gasteiger partial charge is 0.390 e. The molecule has 7 nitrogen and oxygen atoms in total. The van der Waals surface area contributed by atoms with Crippen molar-refractivity contribution < 1.29 is 14.6 Å². The Kier molecular flexibility index (Phi) is 5.47. The standard InChI is InChI=1S/C23H28N4O3/c1-23(2,3)27(14-16-7-5-4-6-8-16)22(29)30-21-18-11-12-26(13-17-9-10-17)20(18)24-19(15-28)25-21/h4-8,11-12,17,28H,9-10,13-15H2,1-3H3. The molecule has 0 spiro atoms. The first-order valence-corrected chi connectivity index (χ1v) is 10.3. The molecular weight excluding hydrogens is 380 g/mol. The second kappa shape index (κ2) is 8.07. The Hall–Kier alpha value is -2.93. The first-order valence-electron chi connectivity index (χ1n) is 10.3. The Morgan fingerprint density at radius 2 is 1.93 bits per heavy atom. The van der Waals surface area contributed by atoms with E-state index >= 15 is 0 Å². The molecular formula is C23H28N4O3. The highest BCUT2D eigenvalue weighted by Crippen LogP contribution is 2.33. The summed E-state index contributed by atoms with van der Waals surface area (Å²) in [5, 5.41) is 10.3. The largest absolute Gasteiger partial charge is 0.417 e. The lowest BCUT2D eigenvalue weighted by molar-refractivity contribution is 0.101. The van der Waals surface area contributed by atoms with Crippen molar-refractivity contribution in [1.82, 2.24) is 19.4 Å². The summed E-state index contributed by atoms with van der Waals surface area (Å²) < 4.78 is 7.83. The summed E-state index contributed by atoms with van der Waals surface area (Å²) in [6, 6.07) is 11.7. The summed E-state index contributed by atoms with van der Waals surface area (Å²) in [7, 11) is 0. The summed E-state index contributed by atoms with van der Waals surface area (Å²) in [5.74, 6) is 1.10. The lowest BCUT2D eigenvalue weighted by Gasteiger charge is -2.34. The van der Waals surface area contributed by atoms with Gasteiger partial charge in [-0.3, -0.25) is 4.90 Å². The number of nitrogens with zero attached hydrogens (tertiary/aromatic N) is 4. The van der Waals surface area contributed by atoms with Gasteiger partial charge >= 0.3 is 6.09 Å². The molecule has 1 aromatic carbocycles. The van der Waals surface area contributed by atoms with Gasteiger partial charge in [-0.05, 0) is 51.2 Å². The fraction of sp³-hybridized carbons (Fsp3) is 0.435. The third kappa shape index (κ3) is 4.46. The quantitative estimate of drug-likeness (QED) is 0.663. The Labute approximate surface area is 176 Å². The number of amides is 1. The van der Waals surface area contributed by atoms with E-state index in [2.05, 4.69) is 14.5 Å². The van der Waals surface area contributed by atoms with Crippen LogP contribution in [0.1, 0.15) is 45.0 Å². The van der Waals surface area contributed by atoms with Crippen LogP contribution in [0.2, 0.25) is 0 Å². The number of benzene rings is 1. The van der Waals surface area contributed by atoms with E-state index in [9.17, 15) is 9.90 Å². The Morgan fingerprint density at radius 1 is 1.20 bits per heavy atom. The van der Waals surface area contributed by atoms with Gasteiger partial charge in [-0.25, -0.2) is 9.78 Å². The Balaban J connectivity index is 1.64. The maximum atomic E-state index is 13.2. The molecule has 158 valence electrons. The number of carbonyl (C=O) groups excluding carboxylic acids is 1. The van der Waals surface area contributed by atoms with Crippen LogP contribution in [0, 0.1) is 5.92 Å². The Bertz CT molecular complexity index is 1040. The van der Waals surface area contributed by atoms with E-state index in [1.807, 2.05) is 63.4 Å². The summed E-state index contributed by atoms with van der Waals surface area (Å²) in [6.07, 6.45) is 3.91.